The lowest BCUT2D eigenvalue weighted by Gasteiger charge is -2.23. The van der Waals surface area contributed by atoms with Gasteiger partial charge in [-0.2, -0.15) is 0 Å². The summed E-state index contributed by atoms with van der Waals surface area (Å²) >= 11 is 0. The molecular formula is C12H20O. The first kappa shape index (κ1) is 10.5. The van der Waals surface area contributed by atoms with Crippen molar-refractivity contribution < 1.29 is 4.79 Å². The molecule has 1 nitrogen and oxygen atoms in total. The van der Waals surface area contributed by atoms with Crippen LogP contribution in [-0.4, -0.2) is 6.29 Å². The Morgan fingerprint density at radius 3 is 3.08 bits per heavy atom. The van der Waals surface area contributed by atoms with Gasteiger partial charge in [-0.15, -0.1) is 0 Å². The molecule has 0 heterocycles. The topological polar surface area (TPSA) is 17.1 Å². The summed E-state index contributed by atoms with van der Waals surface area (Å²) in [6.45, 7) is 2.25. The van der Waals surface area contributed by atoms with Gasteiger partial charge in [0.05, 0.1) is 0 Å². The molecule has 1 rings (SSSR count). The zero-order valence-corrected chi connectivity index (χ0v) is 8.59. The first-order valence-electron chi connectivity index (χ1n) is 5.48. The minimum atomic E-state index is 0.619. The van der Waals surface area contributed by atoms with Gasteiger partial charge in [-0.1, -0.05) is 31.4 Å². The second-order valence-electron chi connectivity index (χ2n) is 4.02. The van der Waals surface area contributed by atoms with Gasteiger partial charge in [0.1, 0.15) is 6.29 Å². The standard InChI is InChI=1S/C12H20O/c1-2-5-11-6-3-7-12(10-11)8-4-9-13/h8-9,11H,2-7,10H2,1H3/b12-8-. The molecule has 0 aromatic carbocycles. The average molecular weight is 180 g/mol. The quantitative estimate of drug-likeness (QED) is 0.478. The number of hydrogen-bond donors (Lipinski definition) is 0. The highest BCUT2D eigenvalue weighted by atomic mass is 16.1. The molecule has 1 saturated carbocycles. The Hall–Kier alpha value is -0.590. The second-order valence-corrected chi connectivity index (χ2v) is 4.02. The van der Waals surface area contributed by atoms with Crippen LogP contribution in [0.15, 0.2) is 11.6 Å². The number of carbonyl (C=O) groups is 1. The van der Waals surface area contributed by atoms with Gasteiger partial charge in [-0.25, -0.2) is 0 Å². The molecule has 1 unspecified atom stereocenters. The molecule has 1 atom stereocenters. The third-order valence-corrected chi connectivity index (χ3v) is 2.86. The fraction of sp³-hybridized carbons (Fsp3) is 0.750. The summed E-state index contributed by atoms with van der Waals surface area (Å²) in [5.41, 5.74) is 1.52. The second kappa shape index (κ2) is 5.95. The summed E-state index contributed by atoms with van der Waals surface area (Å²) in [5, 5.41) is 0. The van der Waals surface area contributed by atoms with E-state index in [0.717, 1.165) is 12.2 Å². The summed E-state index contributed by atoms with van der Waals surface area (Å²) < 4.78 is 0. The van der Waals surface area contributed by atoms with Crippen molar-refractivity contribution in [1.29, 1.82) is 0 Å². The Morgan fingerprint density at radius 2 is 2.38 bits per heavy atom. The largest absolute Gasteiger partial charge is 0.303 e. The lowest BCUT2D eigenvalue weighted by Crippen LogP contribution is -2.08. The molecule has 0 bridgehead atoms. The van der Waals surface area contributed by atoms with Crippen LogP contribution in [0, 0.1) is 5.92 Å². The fourth-order valence-electron chi connectivity index (χ4n) is 2.25. The van der Waals surface area contributed by atoms with Crippen molar-refractivity contribution in [2.45, 2.75) is 51.9 Å². The van der Waals surface area contributed by atoms with Gasteiger partial charge in [0.25, 0.3) is 0 Å². The van der Waals surface area contributed by atoms with Gasteiger partial charge in [0.15, 0.2) is 0 Å². The van der Waals surface area contributed by atoms with Crippen molar-refractivity contribution in [3.05, 3.63) is 11.6 Å². The molecule has 74 valence electrons. The summed E-state index contributed by atoms with van der Waals surface area (Å²) in [6.07, 6.45) is 11.6. The van der Waals surface area contributed by atoms with Gasteiger partial charge in [-0.3, -0.25) is 0 Å². The lowest BCUT2D eigenvalue weighted by atomic mass is 9.83. The van der Waals surface area contributed by atoms with Gasteiger partial charge >= 0.3 is 0 Å². The highest BCUT2D eigenvalue weighted by Gasteiger charge is 2.15. The van der Waals surface area contributed by atoms with Crippen LogP contribution in [0.1, 0.15) is 51.9 Å². The van der Waals surface area contributed by atoms with Gasteiger partial charge in [-0.05, 0) is 31.6 Å². The zero-order chi connectivity index (χ0) is 9.52. The SMILES string of the molecule is CCCC1CCC/C(=C/CC=O)C1. The lowest BCUT2D eigenvalue weighted by molar-refractivity contribution is -0.107. The monoisotopic (exact) mass is 180 g/mol. The van der Waals surface area contributed by atoms with E-state index >= 15 is 0 Å². The van der Waals surface area contributed by atoms with E-state index in [-0.39, 0.29) is 0 Å². The number of carbonyl (C=O) groups excluding carboxylic acids is 1. The van der Waals surface area contributed by atoms with Crippen molar-refractivity contribution in [3.63, 3.8) is 0 Å². The van der Waals surface area contributed by atoms with Crippen molar-refractivity contribution in [2.75, 3.05) is 0 Å². The van der Waals surface area contributed by atoms with Gasteiger partial charge in [0.2, 0.25) is 0 Å². The first-order valence-corrected chi connectivity index (χ1v) is 5.48. The van der Waals surface area contributed by atoms with E-state index in [1.807, 2.05) is 0 Å². The van der Waals surface area contributed by atoms with Crippen molar-refractivity contribution >= 4 is 6.29 Å². The molecule has 0 saturated heterocycles. The maximum absolute atomic E-state index is 10.2. The molecule has 0 aromatic rings. The van der Waals surface area contributed by atoms with Gasteiger partial charge in [0, 0.05) is 6.42 Å². The van der Waals surface area contributed by atoms with E-state index in [9.17, 15) is 4.79 Å². The normalized spacial score (nSPS) is 26.2. The molecular weight excluding hydrogens is 160 g/mol. The molecule has 1 aliphatic carbocycles. The molecule has 0 aromatic heterocycles. The highest BCUT2D eigenvalue weighted by Crippen LogP contribution is 2.31. The van der Waals surface area contributed by atoms with Crippen LogP contribution in [0.3, 0.4) is 0 Å². The van der Waals surface area contributed by atoms with E-state index in [2.05, 4.69) is 13.0 Å². The Labute approximate surface area is 81.2 Å². The van der Waals surface area contributed by atoms with Gasteiger partial charge < -0.3 is 4.79 Å². The zero-order valence-electron chi connectivity index (χ0n) is 8.59. The molecule has 0 amide bonds. The fourth-order valence-corrected chi connectivity index (χ4v) is 2.25. The van der Waals surface area contributed by atoms with Crippen molar-refractivity contribution in [3.8, 4) is 0 Å². The Bertz CT molecular complexity index is 180. The van der Waals surface area contributed by atoms with E-state index in [4.69, 9.17) is 0 Å². The summed E-state index contributed by atoms with van der Waals surface area (Å²) in [6, 6.07) is 0. The molecule has 1 fully saturated rings. The summed E-state index contributed by atoms with van der Waals surface area (Å²) in [7, 11) is 0. The Kier molecular flexibility index (Phi) is 4.81. The number of rotatable bonds is 4. The summed E-state index contributed by atoms with van der Waals surface area (Å²) in [5.74, 6) is 0.900. The number of aldehydes is 1. The smallest absolute Gasteiger partial charge is 0.123 e. The Morgan fingerprint density at radius 1 is 1.54 bits per heavy atom. The highest BCUT2D eigenvalue weighted by molar-refractivity contribution is 5.52. The predicted octanol–water partition coefficient (Wildman–Crippen LogP) is 3.49. The molecule has 13 heavy (non-hydrogen) atoms. The van der Waals surface area contributed by atoms with Crippen LogP contribution < -0.4 is 0 Å². The maximum atomic E-state index is 10.2. The number of hydrogen-bond acceptors (Lipinski definition) is 1. The van der Waals surface area contributed by atoms with Crippen LogP contribution in [0.2, 0.25) is 0 Å². The van der Waals surface area contributed by atoms with Crippen molar-refractivity contribution in [2.24, 2.45) is 5.92 Å². The van der Waals surface area contributed by atoms with Crippen molar-refractivity contribution in [1.82, 2.24) is 0 Å². The van der Waals surface area contributed by atoms with Crippen LogP contribution in [-0.2, 0) is 4.79 Å². The maximum Gasteiger partial charge on any atom is 0.123 e. The Balaban J connectivity index is 2.36. The van der Waals surface area contributed by atoms with E-state index in [1.54, 1.807) is 0 Å². The predicted molar refractivity (Wildman–Crippen MR) is 55.6 cm³/mol. The minimum Gasteiger partial charge on any atom is -0.303 e. The van der Waals surface area contributed by atoms with E-state index in [0.29, 0.717) is 6.42 Å². The first-order chi connectivity index (χ1) is 6.36. The molecule has 0 N–H and O–H groups in total. The molecule has 0 spiro atoms. The molecule has 0 radical (unpaired) electrons. The minimum absolute atomic E-state index is 0.619. The van der Waals surface area contributed by atoms with Crippen LogP contribution in [0.25, 0.3) is 0 Å². The van der Waals surface area contributed by atoms with E-state index in [1.165, 1.54) is 44.1 Å². The molecule has 1 aliphatic rings. The van der Waals surface area contributed by atoms with Crippen LogP contribution >= 0.6 is 0 Å². The average Bonchev–Trinajstić information content (AvgIpc) is 2.16. The van der Waals surface area contributed by atoms with E-state index < -0.39 is 0 Å². The number of allylic oxidation sites excluding steroid dienone is 2. The summed E-state index contributed by atoms with van der Waals surface area (Å²) in [4.78, 5) is 10.2. The van der Waals surface area contributed by atoms with Crippen LogP contribution in [0.5, 0.6) is 0 Å². The van der Waals surface area contributed by atoms with Crippen LogP contribution in [0.4, 0.5) is 0 Å². The molecule has 0 aliphatic heterocycles. The third-order valence-electron chi connectivity index (χ3n) is 2.86. The molecule has 1 heteroatoms. The third kappa shape index (κ3) is 3.75.